The van der Waals surface area contributed by atoms with E-state index in [0.717, 1.165) is 39.0 Å². The second-order valence-electron chi connectivity index (χ2n) is 6.15. The molecule has 5 heteroatoms. The van der Waals surface area contributed by atoms with Gasteiger partial charge in [-0.1, -0.05) is 0 Å². The van der Waals surface area contributed by atoms with E-state index in [4.69, 9.17) is 9.72 Å². The average molecular weight is 296 g/mol. The molecule has 0 aromatic carbocycles. The minimum Gasteiger partial charge on any atom is -0.396 e. The Morgan fingerprint density at radius 1 is 1.50 bits per heavy atom. The van der Waals surface area contributed by atoms with Gasteiger partial charge in [0.1, 0.15) is 5.01 Å². The van der Waals surface area contributed by atoms with Crippen molar-refractivity contribution >= 4 is 11.3 Å². The van der Waals surface area contributed by atoms with Gasteiger partial charge in [-0.25, -0.2) is 4.98 Å². The van der Waals surface area contributed by atoms with E-state index >= 15 is 0 Å². The Balaban J connectivity index is 1.59. The quantitative estimate of drug-likeness (QED) is 0.844. The number of nitrogens with zero attached hydrogens (tertiary/aromatic N) is 1. The first-order valence-corrected chi connectivity index (χ1v) is 8.45. The van der Waals surface area contributed by atoms with Crippen molar-refractivity contribution < 1.29 is 9.84 Å². The molecule has 1 aromatic rings. The van der Waals surface area contributed by atoms with Gasteiger partial charge in [0, 0.05) is 30.1 Å². The smallest absolute Gasteiger partial charge is 0.110 e. The van der Waals surface area contributed by atoms with Crippen LogP contribution in [0.25, 0.3) is 0 Å². The highest BCUT2D eigenvalue weighted by atomic mass is 32.1. The van der Waals surface area contributed by atoms with Gasteiger partial charge in [-0.05, 0) is 39.0 Å². The van der Waals surface area contributed by atoms with E-state index in [2.05, 4.69) is 12.2 Å². The van der Waals surface area contributed by atoms with Crippen LogP contribution in [0, 0.1) is 5.41 Å². The van der Waals surface area contributed by atoms with Crippen LogP contribution in [0.15, 0.2) is 0 Å². The van der Waals surface area contributed by atoms with Crippen LogP contribution >= 0.6 is 11.3 Å². The minimum atomic E-state index is 0.114. The molecule has 1 aliphatic heterocycles. The molecule has 3 rings (SSSR count). The Kier molecular flexibility index (Phi) is 4.40. The van der Waals surface area contributed by atoms with Gasteiger partial charge < -0.3 is 15.2 Å². The summed E-state index contributed by atoms with van der Waals surface area (Å²) in [5, 5.41) is 14.1. The second kappa shape index (κ2) is 6.10. The molecule has 4 nitrogen and oxygen atoms in total. The zero-order valence-electron chi connectivity index (χ0n) is 12.2. The molecule has 0 bridgehead atoms. The summed E-state index contributed by atoms with van der Waals surface area (Å²) in [6, 6.07) is 0.293. The van der Waals surface area contributed by atoms with Crippen molar-refractivity contribution in [3.8, 4) is 0 Å². The predicted molar refractivity (Wildman–Crippen MR) is 80.1 cm³/mol. The highest BCUT2D eigenvalue weighted by Crippen LogP contribution is 2.34. The Morgan fingerprint density at radius 3 is 3.10 bits per heavy atom. The van der Waals surface area contributed by atoms with Gasteiger partial charge >= 0.3 is 0 Å². The molecule has 20 heavy (non-hydrogen) atoms. The molecule has 1 saturated heterocycles. The lowest BCUT2D eigenvalue weighted by molar-refractivity contribution is 0.122. The first kappa shape index (κ1) is 14.4. The number of thiazole rings is 1. The zero-order valence-corrected chi connectivity index (χ0v) is 13.0. The Hall–Kier alpha value is -0.490. The van der Waals surface area contributed by atoms with Crippen LogP contribution in [-0.4, -0.2) is 36.5 Å². The summed E-state index contributed by atoms with van der Waals surface area (Å²) >= 11 is 1.87. The molecule has 2 unspecified atom stereocenters. The first-order valence-electron chi connectivity index (χ1n) is 7.63. The minimum absolute atomic E-state index is 0.114. The van der Waals surface area contributed by atoms with Crippen molar-refractivity contribution in [3.63, 3.8) is 0 Å². The number of fused-ring (bicyclic) bond motifs is 1. The van der Waals surface area contributed by atoms with E-state index in [1.54, 1.807) is 0 Å². The summed E-state index contributed by atoms with van der Waals surface area (Å²) in [5.74, 6) is 0. The highest BCUT2D eigenvalue weighted by molar-refractivity contribution is 7.11. The number of nitrogens with one attached hydrogen (secondary N) is 1. The molecule has 0 radical (unpaired) electrons. The lowest BCUT2D eigenvalue weighted by Crippen LogP contribution is -2.37. The summed E-state index contributed by atoms with van der Waals surface area (Å²) < 4.78 is 5.54. The highest BCUT2D eigenvalue weighted by Gasteiger charge is 2.34. The molecule has 1 aromatic heterocycles. The number of aromatic nitrogens is 1. The summed E-state index contributed by atoms with van der Waals surface area (Å²) in [6.07, 6.45) is 5.50. The monoisotopic (exact) mass is 296 g/mol. The molecule has 2 N–H and O–H groups in total. The molecule has 112 valence electrons. The van der Waals surface area contributed by atoms with Gasteiger partial charge in [0.25, 0.3) is 0 Å². The van der Waals surface area contributed by atoms with E-state index in [0.29, 0.717) is 6.04 Å². The maximum atomic E-state index is 9.26. The molecule has 2 atom stereocenters. The number of rotatable bonds is 6. The van der Waals surface area contributed by atoms with Gasteiger partial charge in [-0.15, -0.1) is 11.3 Å². The van der Waals surface area contributed by atoms with Crippen molar-refractivity contribution in [2.24, 2.45) is 5.41 Å². The number of aliphatic hydroxyl groups excluding tert-OH is 1. The molecule has 1 aliphatic carbocycles. The summed E-state index contributed by atoms with van der Waals surface area (Å²) in [4.78, 5) is 6.27. The normalized spacial score (nSPS) is 26.9. The van der Waals surface area contributed by atoms with Crippen molar-refractivity contribution in [2.45, 2.75) is 45.1 Å². The van der Waals surface area contributed by atoms with Gasteiger partial charge in [-0.2, -0.15) is 0 Å². The molecular weight excluding hydrogens is 272 g/mol. The van der Waals surface area contributed by atoms with Crippen LogP contribution in [0.1, 0.15) is 47.8 Å². The molecule has 0 spiro atoms. The van der Waals surface area contributed by atoms with Gasteiger partial charge in [-0.3, -0.25) is 0 Å². The SMILES string of the molecule is CC(NCC1(CCO)CCOC1)c1nc2c(s1)CCC2. The first-order chi connectivity index (χ1) is 9.72. The van der Waals surface area contributed by atoms with Crippen LogP contribution in [0.3, 0.4) is 0 Å². The fourth-order valence-electron chi connectivity index (χ4n) is 3.16. The lowest BCUT2D eigenvalue weighted by Gasteiger charge is -2.28. The fraction of sp³-hybridized carbons (Fsp3) is 0.800. The van der Waals surface area contributed by atoms with Gasteiger partial charge in [0.2, 0.25) is 0 Å². The molecule has 0 saturated carbocycles. The fourth-order valence-corrected chi connectivity index (χ4v) is 4.34. The van der Waals surface area contributed by atoms with Crippen molar-refractivity contribution in [1.82, 2.24) is 10.3 Å². The third kappa shape index (κ3) is 2.91. The van der Waals surface area contributed by atoms with E-state index in [1.807, 2.05) is 11.3 Å². The number of aryl methyl sites for hydroxylation is 2. The Labute approximate surface area is 124 Å². The Morgan fingerprint density at radius 2 is 2.40 bits per heavy atom. The van der Waals surface area contributed by atoms with E-state index < -0.39 is 0 Å². The largest absolute Gasteiger partial charge is 0.396 e. The van der Waals surface area contributed by atoms with Crippen LogP contribution in [0.4, 0.5) is 0 Å². The van der Waals surface area contributed by atoms with Gasteiger partial charge in [0.15, 0.2) is 0 Å². The number of hydrogen-bond donors (Lipinski definition) is 2. The van der Waals surface area contributed by atoms with Gasteiger partial charge in [0.05, 0.1) is 18.3 Å². The van der Waals surface area contributed by atoms with Crippen molar-refractivity contribution in [2.75, 3.05) is 26.4 Å². The summed E-state index contributed by atoms with van der Waals surface area (Å²) in [6.45, 7) is 4.92. The van der Waals surface area contributed by atoms with Crippen LogP contribution in [0.2, 0.25) is 0 Å². The standard InChI is InChI=1S/C15H24N2O2S/c1-11(14-17-12-3-2-4-13(12)20-14)16-9-15(5-7-18)6-8-19-10-15/h11,16,18H,2-10H2,1H3. The third-order valence-electron chi connectivity index (χ3n) is 4.59. The lowest BCUT2D eigenvalue weighted by atomic mass is 9.84. The summed E-state index contributed by atoms with van der Waals surface area (Å²) in [7, 11) is 0. The molecule has 0 amide bonds. The van der Waals surface area contributed by atoms with E-state index in [-0.39, 0.29) is 12.0 Å². The maximum Gasteiger partial charge on any atom is 0.110 e. The molecular formula is C15H24N2O2S. The maximum absolute atomic E-state index is 9.26. The number of hydrogen-bond acceptors (Lipinski definition) is 5. The number of ether oxygens (including phenoxy) is 1. The van der Waals surface area contributed by atoms with E-state index in [9.17, 15) is 5.11 Å². The average Bonchev–Trinajstić information content (AvgIpc) is 3.11. The summed E-state index contributed by atoms with van der Waals surface area (Å²) in [5.41, 5.74) is 1.44. The van der Waals surface area contributed by atoms with Crippen LogP contribution < -0.4 is 5.32 Å². The third-order valence-corrected chi connectivity index (χ3v) is 5.93. The molecule has 2 aliphatic rings. The van der Waals surface area contributed by atoms with E-state index in [1.165, 1.54) is 28.4 Å². The topological polar surface area (TPSA) is 54.4 Å². The Bertz CT molecular complexity index is 433. The molecule has 1 fully saturated rings. The van der Waals surface area contributed by atoms with Crippen molar-refractivity contribution in [3.05, 3.63) is 15.6 Å². The second-order valence-corrected chi connectivity index (χ2v) is 7.27. The number of aliphatic hydroxyl groups is 1. The molecule has 2 heterocycles. The van der Waals surface area contributed by atoms with Crippen molar-refractivity contribution in [1.29, 1.82) is 0 Å². The zero-order chi connectivity index (χ0) is 14.0. The predicted octanol–water partition coefficient (Wildman–Crippen LogP) is 2.07. The van der Waals surface area contributed by atoms with Crippen LogP contribution in [-0.2, 0) is 17.6 Å². The van der Waals surface area contributed by atoms with Crippen LogP contribution in [0.5, 0.6) is 0 Å².